The lowest BCUT2D eigenvalue weighted by atomic mass is 10.2. The third kappa shape index (κ3) is 6.93. The fourth-order valence-electron chi connectivity index (χ4n) is 3.05. The third-order valence-corrected chi connectivity index (χ3v) is 4.55. The third-order valence-electron chi connectivity index (χ3n) is 4.34. The molecule has 1 aliphatic rings. The number of ether oxygens (including phenoxy) is 2. The van der Waals surface area contributed by atoms with Gasteiger partial charge in [0.25, 0.3) is 0 Å². The first-order chi connectivity index (χ1) is 14.5. The summed E-state index contributed by atoms with van der Waals surface area (Å²) in [4.78, 5) is 13.5. The first-order valence-corrected chi connectivity index (χ1v) is 10.5. The molecule has 9 heteroatoms. The number of hydrogen-bond donors (Lipinski definition) is 3. The van der Waals surface area contributed by atoms with Crippen LogP contribution in [0.5, 0.6) is 5.75 Å². The normalized spacial score (nSPS) is 16.2. The molecule has 0 bridgehead atoms. The second kappa shape index (κ2) is 10.8. The first-order valence-electron chi connectivity index (χ1n) is 10.1. The fourth-order valence-corrected chi connectivity index (χ4v) is 3.27. The van der Waals surface area contributed by atoms with E-state index in [1.807, 2.05) is 51.1 Å². The van der Waals surface area contributed by atoms with Crippen LogP contribution in [0.15, 0.2) is 35.3 Å². The summed E-state index contributed by atoms with van der Waals surface area (Å²) in [5.74, 6) is 1.75. The van der Waals surface area contributed by atoms with Crippen LogP contribution in [0.1, 0.15) is 31.2 Å². The lowest BCUT2D eigenvalue weighted by Gasteiger charge is -2.15. The maximum absolute atomic E-state index is 5.67. The highest BCUT2D eigenvalue weighted by Crippen LogP contribution is 2.15. The van der Waals surface area contributed by atoms with E-state index >= 15 is 0 Å². The minimum absolute atomic E-state index is 0.122. The predicted molar refractivity (Wildman–Crippen MR) is 123 cm³/mol. The fraction of sp³-hybridized carbons (Fsp3) is 0.429. The molecule has 1 fully saturated rings. The van der Waals surface area contributed by atoms with Crippen molar-refractivity contribution >= 4 is 34.9 Å². The van der Waals surface area contributed by atoms with E-state index in [-0.39, 0.29) is 6.10 Å². The van der Waals surface area contributed by atoms with Crippen molar-refractivity contribution in [3.05, 3.63) is 41.7 Å². The van der Waals surface area contributed by atoms with E-state index in [2.05, 4.69) is 30.9 Å². The summed E-state index contributed by atoms with van der Waals surface area (Å²) in [6.07, 6.45) is 2.19. The van der Waals surface area contributed by atoms with Gasteiger partial charge in [-0.1, -0.05) is 0 Å². The molecule has 3 N–H and O–H groups in total. The van der Waals surface area contributed by atoms with Crippen LogP contribution in [0.4, 0.5) is 11.6 Å². The second-order valence-corrected chi connectivity index (χ2v) is 7.37. The van der Waals surface area contributed by atoms with Gasteiger partial charge in [-0.05, 0) is 76.2 Å². The van der Waals surface area contributed by atoms with E-state index in [9.17, 15) is 0 Å². The highest BCUT2D eigenvalue weighted by Gasteiger charge is 2.16. The van der Waals surface area contributed by atoms with Crippen LogP contribution in [-0.2, 0) is 4.74 Å². The number of aromatic nitrogens is 2. The number of guanidine groups is 1. The molecular formula is C21H28N6O2S. The molecule has 0 radical (unpaired) electrons. The molecule has 1 aromatic carbocycles. The van der Waals surface area contributed by atoms with Gasteiger partial charge >= 0.3 is 0 Å². The second-order valence-electron chi connectivity index (χ2n) is 6.96. The Labute approximate surface area is 182 Å². The van der Waals surface area contributed by atoms with Crippen molar-refractivity contribution in [2.24, 2.45) is 4.99 Å². The molecule has 0 saturated carbocycles. The van der Waals surface area contributed by atoms with Crippen molar-refractivity contribution in [2.75, 3.05) is 30.4 Å². The van der Waals surface area contributed by atoms with Crippen LogP contribution in [0.2, 0.25) is 0 Å². The largest absolute Gasteiger partial charge is 0.494 e. The molecule has 1 atom stereocenters. The molecule has 8 nitrogen and oxygen atoms in total. The minimum Gasteiger partial charge on any atom is -0.494 e. The van der Waals surface area contributed by atoms with Gasteiger partial charge in [0.05, 0.1) is 19.3 Å². The minimum atomic E-state index is 0.122. The number of aliphatic imine (C=N–C) groups is 1. The summed E-state index contributed by atoms with van der Waals surface area (Å²) in [7, 11) is 0. The molecule has 30 heavy (non-hydrogen) atoms. The quantitative estimate of drug-likeness (QED) is 0.366. The molecule has 2 heterocycles. The summed E-state index contributed by atoms with van der Waals surface area (Å²) < 4.78 is 11.1. The molecule has 0 spiro atoms. The smallest absolute Gasteiger partial charge is 0.229 e. The predicted octanol–water partition coefficient (Wildman–Crippen LogP) is 3.43. The Kier molecular flexibility index (Phi) is 7.92. The van der Waals surface area contributed by atoms with Gasteiger partial charge in [-0.3, -0.25) is 5.32 Å². The van der Waals surface area contributed by atoms with Crippen LogP contribution in [0, 0.1) is 13.8 Å². The number of thiocarbonyl (C=S) groups is 1. The van der Waals surface area contributed by atoms with E-state index in [0.717, 1.165) is 42.3 Å². The average molecular weight is 429 g/mol. The number of benzene rings is 1. The van der Waals surface area contributed by atoms with Crippen LogP contribution in [0.3, 0.4) is 0 Å². The van der Waals surface area contributed by atoms with Gasteiger partial charge in [-0.2, -0.15) is 0 Å². The molecule has 2 aromatic rings. The van der Waals surface area contributed by atoms with E-state index < -0.39 is 0 Å². The highest BCUT2D eigenvalue weighted by molar-refractivity contribution is 7.80. The Morgan fingerprint density at radius 3 is 2.57 bits per heavy atom. The molecular weight excluding hydrogens is 400 g/mol. The Balaban J connectivity index is 1.67. The molecule has 0 amide bonds. The van der Waals surface area contributed by atoms with Crippen LogP contribution in [0.25, 0.3) is 0 Å². The summed E-state index contributed by atoms with van der Waals surface area (Å²) >= 11 is 5.47. The topological polar surface area (TPSA) is 92.7 Å². The summed E-state index contributed by atoms with van der Waals surface area (Å²) in [5, 5.41) is 9.80. The van der Waals surface area contributed by atoms with Crippen molar-refractivity contribution in [1.82, 2.24) is 15.3 Å². The van der Waals surface area contributed by atoms with Crippen molar-refractivity contribution < 1.29 is 9.47 Å². The van der Waals surface area contributed by atoms with E-state index in [1.165, 1.54) is 0 Å². The molecule has 1 aliphatic heterocycles. The van der Waals surface area contributed by atoms with Crippen molar-refractivity contribution in [1.29, 1.82) is 0 Å². The number of nitrogens with one attached hydrogen (secondary N) is 3. The zero-order chi connectivity index (χ0) is 21.3. The zero-order valence-corrected chi connectivity index (χ0v) is 18.4. The lowest BCUT2D eigenvalue weighted by molar-refractivity contribution is 0.118. The number of aryl methyl sites for hydroxylation is 2. The van der Waals surface area contributed by atoms with E-state index in [1.54, 1.807) is 0 Å². The maximum Gasteiger partial charge on any atom is 0.229 e. The van der Waals surface area contributed by atoms with Gasteiger partial charge in [0.2, 0.25) is 11.9 Å². The Morgan fingerprint density at radius 1 is 1.20 bits per heavy atom. The molecule has 3 rings (SSSR count). The van der Waals surface area contributed by atoms with E-state index in [0.29, 0.717) is 30.2 Å². The van der Waals surface area contributed by atoms with Crippen molar-refractivity contribution in [2.45, 2.75) is 39.7 Å². The van der Waals surface area contributed by atoms with Gasteiger partial charge in [0, 0.05) is 23.7 Å². The van der Waals surface area contributed by atoms with Gasteiger partial charge in [-0.15, -0.1) is 0 Å². The number of hydrogen-bond acceptors (Lipinski definition) is 6. The average Bonchev–Trinajstić information content (AvgIpc) is 3.21. The molecule has 0 aliphatic carbocycles. The molecule has 160 valence electrons. The Hall–Kier alpha value is -2.78. The highest BCUT2D eigenvalue weighted by atomic mass is 32.1. The first kappa shape index (κ1) is 21.9. The summed E-state index contributed by atoms with van der Waals surface area (Å²) in [6.45, 7) is 7.75. The molecule has 1 saturated heterocycles. The maximum atomic E-state index is 5.67. The van der Waals surface area contributed by atoms with Gasteiger partial charge < -0.3 is 20.1 Å². The van der Waals surface area contributed by atoms with Crippen LogP contribution >= 0.6 is 12.2 Å². The lowest BCUT2D eigenvalue weighted by Crippen LogP contribution is -2.39. The monoisotopic (exact) mass is 428 g/mol. The van der Waals surface area contributed by atoms with Gasteiger partial charge in [0.1, 0.15) is 5.75 Å². The Bertz CT molecular complexity index is 861. The number of anilines is 2. The summed E-state index contributed by atoms with van der Waals surface area (Å²) in [5.41, 5.74) is 2.59. The number of nitrogens with zero attached hydrogens (tertiary/aromatic N) is 3. The van der Waals surface area contributed by atoms with Gasteiger partial charge in [-0.25, -0.2) is 15.0 Å². The zero-order valence-electron chi connectivity index (χ0n) is 17.6. The van der Waals surface area contributed by atoms with Crippen LogP contribution < -0.4 is 20.7 Å². The van der Waals surface area contributed by atoms with Crippen molar-refractivity contribution in [3.63, 3.8) is 0 Å². The Morgan fingerprint density at radius 2 is 1.93 bits per heavy atom. The van der Waals surface area contributed by atoms with E-state index in [4.69, 9.17) is 21.7 Å². The van der Waals surface area contributed by atoms with Crippen molar-refractivity contribution in [3.8, 4) is 5.75 Å². The van der Waals surface area contributed by atoms with Gasteiger partial charge in [0.15, 0.2) is 5.11 Å². The molecule has 1 aromatic heterocycles. The number of rotatable bonds is 6. The SMILES string of the molecule is CCOc1ccc(NC(=S)NC(=NCC2CCCO2)Nc2nc(C)cc(C)n2)cc1. The standard InChI is InChI=1S/C21H28N6O2S/c1-4-28-17-9-7-16(8-10-17)25-21(30)27-19(22-13-18-6-5-11-29-18)26-20-23-14(2)12-15(3)24-20/h7-10,12,18H,4-6,11,13H2,1-3H3,(H3,22,23,24,25,26,27,30). The van der Waals surface area contributed by atoms with Crippen LogP contribution in [-0.4, -0.2) is 46.9 Å². The summed E-state index contributed by atoms with van der Waals surface area (Å²) in [6, 6.07) is 9.51. The molecule has 1 unspecified atom stereocenters.